The molecule has 0 fully saturated rings. The monoisotopic (exact) mass is 370 g/mol. The molecule has 3 rings (SSSR count). The molecule has 0 radical (unpaired) electrons. The molecule has 0 atom stereocenters. The zero-order valence-corrected chi connectivity index (χ0v) is 15.4. The average Bonchev–Trinajstić information content (AvgIpc) is 3.08. The quantitative estimate of drug-likeness (QED) is 0.705. The van der Waals surface area contributed by atoms with Crippen LogP contribution in [0.2, 0.25) is 0 Å². The first kappa shape index (κ1) is 18.1. The molecule has 26 heavy (non-hydrogen) atoms. The maximum absolute atomic E-state index is 13.5. The normalized spacial score (nSPS) is 10.6. The minimum atomic E-state index is -0.275. The van der Waals surface area contributed by atoms with Crippen molar-refractivity contribution in [2.45, 2.75) is 20.4 Å². The van der Waals surface area contributed by atoms with Crippen molar-refractivity contribution >= 4 is 17.2 Å². The van der Waals surface area contributed by atoms with E-state index in [1.807, 2.05) is 36.6 Å². The van der Waals surface area contributed by atoms with Gasteiger partial charge in [-0.05, 0) is 55.3 Å². The lowest BCUT2D eigenvalue weighted by Crippen LogP contribution is -2.28. The number of carbonyl (C=O) groups excluding carboxylic acids is 1. The summed E-state index contributed by atoms with van der Waals surface area (Å²) in [7, 11) is 0. The summed E-state index contributed by atoms with van der Waals surface area (Å²) in [5.41, 5.74) is 3.23. The minimum absolute atomic E-state index is 0.0938. The van der Waals surface area contributed by atoms with Crippen molar-refractivity contribution in [2.75, 3.05) is 6.61 Å². The van der Waals surface area contributed by atoms with E-state index in [1.165, 1.54) is 6.07 Å². The molecule has 3 aromatic rings. The van der Waals surface area contributed by atoms with Crippen LogP contribution >= 0.6 is 11.3 Å². The van der Waals surface area contributed by atoms with Crippen LogP contribution in [0.15, 0.2) is 47.8 Å². The molecule has 134 valence electrons. The van der Waals surface area contributed by atoms with Crippen molar-refractivity contribution in [1.29, 1.82) is 0 Å². The predicted octanol–water partition coefficient (Wildman–Crippen LogP) is 4.26. The fourth-order valence-electron chi connectivity index (χ4n) is 2.36. The first-order valence-corrected chi connectivity index (χ1v) is 9.06. The third-order valence-corrected chi connectivity index (χ3v) is 4.64. The van der Waals surface area contributed by atoms with Gasteiger partial charge in [0.25, 0.3) is 5.91 Å². The highest BCUT2D eigenvalue weighted by molar-refractivity contribution is 7.09. The topological polar surface area (TPSA) is 51.2 Å². The Bertz CT molecular complexity index is 906. The summed E-state index contributed by atoms with van der Waals surface area (Å²) in [6, 6.07) is 12.4. The first-order chi connectivity index (χ1) is 12.5. The second-order valence-electron chi connectivity index (χ2n) is 5.93. The number of aryl methyl sites for hydroxylation is 2. The summed E-state index contributed by atoms with van der Waals surface area (Å²) in [5.74, 6) is 0.0748. The van der Waals surface area contributed by atoms with E-state index in [2.05, 4.69) is 10.3 Å². The summed E-state index contributed by atoms with van der Waals surface area (Å²) >= 11 is 1.60. The van der Waals surface area contributed by atoms with Crippen LogP contribution in [0.25, 0.3) is 11.3 Å². The first-order valence-electron chi connectivity index (χ1n) is 8.18. The van der Waals surface area contributed by atoms with Crippen LogP contribution in [0, 0.1) is 19.7 Å². The van der Waals surface area contributed by atoms with E-state index < -0.39 is 0 Å². The standard InChI is InChI=1S/C20H19FN2O2S/c1-13-3-4-15(9-18(13)21)10-22-20(24)11-25-17-7-5-16(6-8-17)19-12-26-14(2)23-19/h3-9,12H,10-11H2,1-2H3,(H,22,24). The van der Waals surface area contributed by atoms with Gasteiger partial charge >= 0.3 is 0 Å². The van der Waals surface area contributed by atoms with Crippen LogP contribution in [-0.2, 0) is 11.3 Å². The Labute approximate surface area is 155 Å². The molecule has 0 spiro atoms. The van der Waals surface area contributed by atoms with Crippen LogP contribution in [0.4, 0.5) is 4.39 Å². The number of aromatic nitrogens is 1. The number of nitrogens with zero attached hydrogens (tertiary/aromatic N) is 1. The van der Waals surface area contributed by atoms with Crippen molar-refractivity contribution in [2.24, 2.45) is 0 Å². The van der Waals surface area contributed by atoms with Gasteiger partial charge < -0.3 is 10.1 Å². The van der Waals surface area contributed by atoms with Gasteiger partial charge in [0.1, 0.15) is 11.6 Å². The minimum Gasteiger partial charge on any atom is -0.484 e. The summed E-state index contributed by atoms with van der Waals surface area (Å²) in [4.78, 5) is 16.3. The molecular weight excluding hydrogens is 351 g/mol. The lowest BCUT2D eigenvalue weighted by molar-refractivity contribution is -0.123. The largest absolute Gasteiger partial charge is 0.484 e. The highest BCUT2D eigenvalue weighted by Crippen LogP contribution is 2.23. The van der Waals surface area contributed by atoms with E-state index in [0.717, 1.165) is 16.3 Å². The van der Waals surface area contributed by atoms with E-state index in [0.29, 0.717) is 16.9 Å². The van der Waals surface area contributed by atoms with Gasteiger partial charge in [0.15, 0.2) is 6.61 Å². The molecule has 0 saturated carbocycles. The predicted molar refractivity (Wildman–Crippen MR) is 101 cm³/mol. The molecule has 0 aliphatic heterocycles. The maximum atomic E-state index is 13.5. The molecule has 4 nitrogen and oxygen atoms in total. The Morgan fingerprint density at radius 1 is 1.19 bits per heavy atom. The van der Waals surface area contributed by atoms with Gasteiger partial charge in [-0.15, -0.1) is 11.3 Å². The molecule has 2 aromatic carbocycles. The van der Waals surface area contributed by atoms with Crippen LogP contribution in [0.5, 0.6) is 5.75 Å². The lowest BCUT2D eigenvalue weighted by atomic mass is 10.1. The molecule has 6 heteroatoms. The van der Waals surface area contributed by atoms with Crippen molar-refractivity contribution < 1.29 is 13.9 Å². The molecule has 0 aliphatic carbocycles. The number of nitrogens with one attached hydrogen (secondary N) is 1. The Morgan fingerprint density at radius 2 is 1.96 bits per heavy atom. The van der Waals surface area contributed by atoms with Gasteiger partial charge in [-0.2, -0.15) is 0 Å². The van der Waals surface area contributed by atoms with Gasteiger partial charge in [0.2, 0.25) is 0 Å². The van der Waals surface area contributed by atoms with Gasteiger partial charge in [0, 0.05) is 17.5 Å². The van der Waals surface area contributed by atoms with E-state index in [-0.39, 0.29) is 24.9 Å². The number of hydrogen-bond acceptors (Lipinski definition) is 4. The average molecular weight is 370 g/mol. The summed E-state index contributed by atoms with van der Waals surface area (Å²) in [5, 5.41) is 5.74. The number of amides is 1. The maximum Gasteiger partial charge on any atom is 0.258 e. The smallest absolute Gasteiger partial charge is 0.258 e. The zero-order valence-electron chi connectivity index (χ0n) is 14.6. The van der Waals surface area contributed by atoms with Gasteiger partial charge in [0.05, 0.1) is 10.7 Å². The van der Waals surface area contributed by atoms with E-state index in [9.17, 15) is 9.18 Å². The number of ether oxygens (including phenoxy) is 1. The van der Waals surface area contributed by atoms with Crippen molar-refractivity contribution in [3.05, 3.63) is 69.8 Å². The molecule has 0 saturated heterocycles. The van der Waals surface area contributed by atoms with Gasteiger partial charge in [-0.25, -0.2) is 9.37 Å². The summed E-state index contributed by atoms with van der Waals surface area (Å²) < 4.78 is 19.0. The molecule has 1 amide bonds. The molecule has 1 N–H and O–H groups in total. The Balaban J connectivity index is 1.48. The fourth-order valence-corrected chi connectivity index (χ4v) is 2.99. The molecular formula is C20H19FN2O2S. The highest BCUT2D eigenvalue weighted by atomic mass is 32.1. The Hall–Kier alpha value is -2.73. The number of benzene rings is 2. The molecule has 1 aromatic heterocycles. The van der Waals surface area contributed by atoms with Gasteiger partial charge in [-0.3, -0.25) is 4.79 Å². The number of carbonyl (C=O) groups is 1. The number of hydrogen-bond donors (Lipinski definition) is 1. The van der Waals surface area contributed by atoms with E-state index >= 15 is 0 Å². The Morgan fingerprint density at radius 3 is 2.62 bits per heavy atom. The highest BCUT2D eigenvalue weighted by Gasteiger charge is 2.06. The van der Waals surface area contributed by atoms with Gasteiger partial charge in [-0.1, -0.05) is 12.1 Å². The second-order valence-corrected chi connectivity index (χ2v) is 6.99. The van der Waals surface area contributed by atoms with Crippen molar-refractivity contribution in [3.8, 4) is 17.0 Å². The number of thiazole rings is 1. The van der Waals surface area contributed by atoms with E-state index in [4.69, 9.17) is 4.74 Å². The molecule has 1 heterocycles. The Kier molecular flexibility index (Phi) is 5.63. The van der Waals surface area contributed by atoms with Crippen molar-refractivity contribution in [3.63, 3.8) is 0 Å². The third-order valence-electron chi connectivity index (χ3n) is 3.86. The fraction of sp³-hybridized carbons (Fsp3) is 0.200. The third kappa shape index (κ3) is 4.67. The summed E-state index contributed by atoms with van der Waals surface area (Å²) in [6.45, 7) is 3.84. The van der Waals surface area contributed by atoms with Crippen molar-refractivity contribution in [1.82, 2.24) is 10.3 Å². The molecule has 0 bridgehead atoms. The second kappa shape index (κ2) is 8.10. The van der Waals surface area contributed by atoms with E-state index in [1.54, 1.807) is 30.4 Å². The molecule has 0 unspecified atom stereocenters. The van der Waals surface area contributed by atoms with Crippen LogP contribution in [0.3, 0.4) is 0 Å². The lowest BCUT2D eigenvalue weighted by Gasteiger charge is -2.08. The van der Waals surface area contributed by atoms with Crippen LogP contribution < -0.4 is 10.1 Å². The number of halogens is 1. The zero-order chi connectivity index (χ0) is 18.5. The number of rotatable bonds is 6. The van der Waals surface area contributed by atoms with Crippen LogP contribution in [0.1, 0.15) is 16.1 Å². The van der Waals surface area contributed by atoms with Crippen LogP contribution in [-0.4, -0.2) is 17.5 Å². The summed E-state index contributed by atoms with van der Waals surface area (Å²) in [6.07, 6.45) is 0. The molecule has 0 aliphatic rings. The SMILES string of the molecule is Cc1nc(-c2ccc(OCC(=O)NCc3ccc(C)c(F)c3)cc2)cs1.